The van der Waals surface area contributed by atoms with Crippen LogP contribution in [-0.2, 0) is 16.8 Å². The largest absolute Gasteiger partial charge is 0.310 e. The van der Waals surface area contributed by atoms with E-state index in [0.717, 1.165) is 19.4 Å². The van der Waals surface area contributed by atoms with E-state index in [1.54, 1.807) is 11.3 Å². The molecule has 21 heavy (non-hydrogen) atoms. The van der Waals surface area contributed by atoms with Crippen molar-refractivity contribution in [1.82, 2.24) is 9.62 Å². The molecule has 1 saturated heterocycles. The van der Waals surface area contributed by atoms with E-state index in [1.807, 2.05) is 0 Å². The molecule has 0 radical (unpaired) electrons. The van der Waals surface area contributed by atoms with Crippen molar-refractivity contribution in [1.29, 1.82) is 0 Å². The lowest BCUT2D eigenvalue weighted by Gasteiger charge is -2.30. The first-order valence-electron chi connectivity index (χ1n) is 7.00. The molecule has 3 N–H and O–H groups in total. The highest BCUT2D eigenvalue weighted by molar-refractivity contribution is 7.86. The highest BCUT2D eigenvalue weighted by Crippen LogP contribution is 2.25. The number of thiophene rings is 1. The molecule has 0 saturated carbocycles. The standard InChI is InChI=1S/C14H19N3O2S2/c15-21(18,19)17-7-5-12(6-8-17)16-9-11-10-20-14-4-2-1-3-13(11)14/h1-4,10,12,16H,5-9H2,(H2,15,18,19). The summed E-state index contributed by atoms with van der Waals surface area (Å²) >= 11 is 1.76. The van der Waals surface area contributed by atoms with Crippen LogP contribution in [0.5, 0.6) is 0 Å². The van der Waals surface area contributed by atoms with Gasteiger partial charge in [0.15, 0.2) is 0 Å². The summed E-state index contributed by atoms with van der Waals surface area (Å²) in [6.07, 6.45) is 1.61. The van der Waals surface area contributed by atoms with Gasteiger partial charge in [-0.25, -0.2) is 5.14 Å². The average Bonchev–Trinajstić information content (AvgIpc) is 2.88. The molecule has 0 unspecified atom stereocenters. The van der Waals surface area contributed by atoms with Crippen LogP contribution >= 0.6 is 11.3 Å². The van der Waals surface area contributed by atoms with Crippen molar-refractivity contribution in [3.05, 3.63) is 35.2 Å². The Hall–Kier alpha value is -0.990. The number of nitrogens with two attached hydrogens (primary N) is 1. The molecule has 1 aliphatic heterocycles. The topological polar surface area (TPSA) is 75.4 Å². The van der Waals surface area contributed by atoms with Crippen molar-refractivity contribution in [2.75, 3.05) is 13.1 Å². The van der Waals surface area contributed by atoms with E-state index in [-0.39, 0.29) is 0 Å². The Labute approximate surface area is 128 Å². The summed E-state index contributed by atoms with van der Waals surface area (Å²) in [6, 6.07) is 8.74. The third-order valence-electron chi connectivity index (χ3n) is 3.96. The van der Waals surface area contributed by atoms with Gasteiger partial charge in [0.1, 0.15) is 0 Å². The fourth-order valence-corrected chi connectivity index (χ4v) is 4.42. The Morgan fingerprint density at radius 2 is 2.00 bits per heavy atom. The van der Waals surface area contributed by atoms with Gasteiger partial charge in [0.25, 0.3) is 10.2 Å². The van der Waals surface area contributed by atoms with Gasteiger partial charge < -0.3 is 5.32 Å². The Morgan fingerprint density at radius 1 is 1.29 bits per heavy atom. The first-order valence-corrected chi connectivity index (χ1v) is 9.39. The highest BCUT2D eigenvalue weighted by atomic mass is 32.2. The smallest absolute Gasteiger partial charge is 0.276 e. The molecule has 2 heterocycles. The highest BCUT2D eigenvalue weighted by Gasteiger charge is 2.25. The van der Waals surface area contributed by atoms with Gasteiger partial charge in [-0.3, -0.25) is 0 Å². The van der Waals surface area contributed by atoms with E-state index in [1.165, 1.54) is 20.0 Å². The Morgan fingerprint density at radius 3 is 2.71 bits per heavy atom. The van der Waals surface area contributed by atoms with E-state index in [0.29, 0.717) is 19.1 Å². The summed E-state index contributed by atoms with van der Waals surface area (Å²) in [5, 5.41) is 12.2. The van der Waals surface area contributed by atoms with Crippen LogP contribution in [0.4, 0.5) is 0 Å². The van der Waals surface area contributed by atoms with E-state index in [9.17, 15) is 8.42 Å². The zero-order valence-corrected chi connectivity index (χ0v) is 13.3. The zero-order chi connectivity index (χ0) is 14.9. The third kappa shape index (κ3) is 3.44. The van der Waals surface area contributed by atoms with Gasteiger partial charge in [-0.1, -0.05) is 18.2 Å². The van der Waals surface area contributed by atoms with Crippen molar-refractivity contribution >= 4 is 31.6 Å². The van der Waals surface area contributed by atoms with Crippen molar-refractivity contribution < 1.29 is 8.42 Å². The minimum absolute atomic E-state index is 0.349. The molecule has 3 rings (SSSR count). The first-order chi connectivity index (χ1) is 10.0. The molecule has 5 nitrogen and oxygen atoms in total. The van der Waals surface area contributed by atoms with Gasteiger partial charge in [-0.2, -0.15) is 12.7 Å². The predicted octanol–water partition coefficient (Wildman–Crippen LogP) is 1.66. The van der Waals surface area contributed by atoms with E-state index in [4.69, 9.17) is 5.14 Å². The lowest BCUT2D eigenvalue weighted by molar-refractivity contribution is 0.289. The summed E-state index contributed by atoms with van der Waals surface area (Å²) < 4.78 is 25.2. The molecule has 1 aromatic heterocycles. The van der Waals surface area contributed by atoms with Gasteiger partial charge in [0.05, 0.1) is 0 Å². The number of fused-ring (bicyclic) bond motifs is 1. The van der Waals surface area contributed by atoms with Crippen LogP contribution in [0.25, 0.3) is 10.1 Å². The van der Waals surface area contributed by atoms with Crippen LogP contribution in [0.15, 0.2) is 29.6 Å². The first kappa shape index (κ1) is 14.9. The van der Waals surface area contributed by atoms with Gasteiger partial charge >= 0.3 is 0 Å². The van der Waals surface area contributed by atoms with E-state index < -0.39 is 10.2 Å². The fourth-order valence-electron chi connectivity index (χ4n) is 2.74. The second-order valence-corrected chi connectivity index (χ2v) is 7.81. The molecule has 1 fully saturated rings. The lowest BCUT2D eigenvalue weighted by atomic mass is 10.1. The second kappa shape index (κ2) is 6.02. The SMILES string of the molecule is NS(=O)(=O)N1CCC(NCc2csc3ccccc23)CC1. The van der Waals surface area contributed by atoms with Gasteiger partial charge in [0.2, 0.25) is 0 Å². The van der Waals surface area contributed by atoms with Crippen molar-refractivity contribution in [2.45, 2.75) is 25.4 Å². The molecule has 2 aromatic rings. The zero-order valence-electron chi connectivity index (χ0n) is 11.7. The van der Waals surface area contributed by atoms with Crippen LogP contribution in [0.1, 0.15) is 18.4 Å². The van der Waals surface area contributed by atoms with Gasteiger partial charge in [-0.05, 0) is 35.2 Å². The maximum Gasteiger partial charge on any atom is 0.276 e. The Bertz CT molecular complexity index is 719. The minimum Gasteiger partial charge on any atom is -0.310 e. The van der Waals surface area contributed by atoms with E-state index >= 15 is 0 Å². The summed E-state index contributed by atoms with van der Waals surface area (Å²) in [6.45, 7) is 1.83. The Balaban J connectivity index is 1.57. The molecule has 0 atom stereocenters. The van der Waals surface area contributed by atoms with Crippen molar-refractivity contribution in [3.8, 4) is 0 Å². The van der Waals surface area contributed by atoms with Crippen LogP contribution in [0, 0.1) is 0 Å². The molecule has 114 valence electrons. The minimum atomic E-state index is -3.53. The van der Waals surface area contributed by atoms with Crippen LogP contribution in [0.3, 0.4) is 0 Å². The molecule has 1 aromatic carbocycles. The summed E-state index contributed by atoms with van der Waals surface area (Å²) in [5.41, 5.74) is 1.31. The molecule has 7 heteroatoms. The van der Waals surface area contributed by atoms with Crippen LogP contribution in [-0.4, -0.2) is 31.9 Å². The van der Waals surface area contributed by atoms with Crippen molar-refractivity contribution in [2.24, 2.45) is 5.14 Å². The molecule has 0 amide bonds. The number of nitrogens with zero attached hydrogens (tertiary/aromatic N) is 1. The van der Waals surface area contributed by atoms with Gasteiger partial charge in [0, 0.05) is 30.4 Å². The quantitative estimate of drug-likeness (QED) is 0.897. The number of nitrogens with one attached hydrogen (secondary N) is 1. The molecule has 0 bridgehead atoms. The fraction of sp³-hybridized carbons (Fsp3) is 0.429. The number of rotatable bonds is 4. The molecule has 0 spiro atoms. The van der Waals surface area contributed by atoms with Gasteiger partial charge in [-0.15, -0.1) is 11.3 Å². The molecule has 1 aliphatic rings. The normalized spacial score (nSPS) is 18.3. The van der Waals surface area contributed by atoms with E-state index in [2.05, 4.69) is 35.0 Å². The van der Waals surface area contributed by atoms with Crippen LogP contribution < -0.4 is 10.5 Å². The maximum atomic E-state index is 11.3. The number of hydrogen-bond donors (Lipinski definition) is 2. The molecular formula is C14H19N3O2S2. The molecule has 0 aliphatic carbocycles. The number of hydrogen-bond acceptors (Lipinski definition) is 4. The maximum absolute atomic E-state index is 11.3. The average molecular weight is 325 g/mol. The lowest BCUT2D eigenvalue weighted by Crippen LogP contribution is -2.46. The number of benzene rings is 1. The van der Waals surface area contributed by atoms with Crippen LogP contribution in [0.2, 0.25) is 0 Å². The Kier molecular flexibility index (Phi) is 4.28. The third-order valence-corrected chi connectivity index (χ3v) is 6.05. The van der Waals surface area contributed by atoms with Crippen molar-refractivity contribution in [3.63, 3.8) is 0 Å². The molecular weight excluding hydrogens is 306 g/mol. The predicted molar refractivity (Wildman–Crippen MR) is 86.4 cm³/mol. The second-order valence-electron chi connectivity index (χ2n) is 5.36. The summed E-state index contributed by atoms with van der Waals surface area (Å²) in [7, 11) is -3.53. The monoisotopic (exact) mass is 325 g/mol. The summed E-state index contributed by atoms with van der Waals surface area (Å²) in [5.74, 6) is 0. The summed E-state index contributed by atoms with van der Waals surface area (Å²) in [4.78, 5) is 0. The number of piperidine rings is 1.